The van der Waals surface area contributed by atoms with Crippen LogP contribution in [-0.2, 0) is 16.6 Å². The molecule has 0 aliphatic rings. The zero-order chi connectivity index (χ0) is 20.1. The van der Waals surface area contributed by atoms with Gasteiger partial charge in [-0.2, -0.15) is 10.4 Å². The lowest BCUT2D eigenvalue weighted by Crippen LogP contribution is -2.35. The van der Waals surface area contributed by atoms with Crippen molar-refractivity contribution in [1.29, 1.82) is 5.26 Å². The predicted molar refractivity (Wildman–Crippen MR) is 102 cm³/mol. The first-order valence-corrected chi connectivity index (χ1v) is 8.38. The monoisotopic (exact) mass is 376 g/mol. The van der Waals surface area contributed by atoms with Gasteiger partial charge in [0.05, 0.1) is 11.5 Å². The first-order chi connectivity index (χ1) is 13.5. The summed E-state index contributed by atoms with van der Waals surface area (Å²) in [5, 5.41) is 13.6. The predicted octanol–water partition coefficient (Wildman–Crippen LogP) is 1.65. The molecule has 0 aliphatic heterocycles. The van der Waals surface area contributed by atoms with Gasteiger partial charge in [0, 0.05) is 18.1 Å². The molecule has 3 aromatic rings. The van der Waals surface area contributed by atoms with Gasteiger partial charge in [-0.15, -0.1) is 0 Å². The summed E-state index contributed by atoms with van der Waals surface area (Å²) in [7, 11) is 1.43. The Morgan fingerprint density at radius 3 is 2.43 bits per heavy atom. The van der Waals surface area contributed by atoms with Gasteiger partial charge in [0.25, 0.3) is 11.5 Å². The van der Waals surface area contributed by atoms with E-state index in [4.69, 9.17) is 10.00 Å². The highest BCUT2D eigenvalue weighted by Gasteiger charge is 2.21. The van der Waals surface area contributed by atoms with Gasteiger partial charge in [0.1, 0.15) is 6.54 Å². The number of carbonyl (C=O) groups excluding carboxylic acids is 2. The van der Waals surface area contributed by atoms with Crippen LogP contribution in [-0.4, -0.2) is 34.8 Å². The molecule has 0 saturated carbocycles. The Morgan fingerprint density at radius 2 is 1.75 bits per heavy atom. The summed E-state index contributed by atoms with van der Waals surface area (Å²) >= 11 is 0. The highest BCUT2D eigenvalue weighted by molar-refractivity contribution is 6.03. The topological polar surface area (TPSA) is 105 Å². The molecule has 0 spiro atoms. The number of amides is 1. The van der Waals surface area contributed by atoms with E-state index in [0.717, 1.165) is 4.68 Å². The number of anilines is 1. The van der Waals surface area contributed by atoms with Crippen LogP contribution < -0.4 is 10.5 Å². The average molecular weight is 376 g/mol. The number of nitrogens with zero attached hydrogens (tertiary/aromatic N) is 4. The molecule has 0 atom stereocenters. The van der Waals surface area contributed by atoms with Crippen molar-refractivity contribution in [1.82, 2.24) is 9.78 Å². The number of aromatic nitrogens is 2. The third-order valence-corrected chi connectivity index (χ3v) is 4.07. The summed E-state index contributed by atoms with van der Waals surface area (Å²) in [6.45, 7) is -0.740. The summed E-state index contributed by atoms with van der Waals surface area (Å²) in [5.41, 5.74) is 0.125. The second-order valence-electron chi connectivity index (χ2n) is 5.87. The summed E-state index contributed by atoms with van der Waals surface area (Å²) in [6, 6.07) is 17.1. The Bertz CT molecular complexity index is 1130. The maximum atomic E-state index is 12.5. The smallest absolute Gasteiger partial charge is 0.359 e. The molecule has 0 bridgehead atoms. The first kappa shape index (κ1) is 18.8. The number of rotatable bonds is 5. The Balaban J connectivity index is 1.81. The zero-order valence-electron chi connectivity index (χ0n) is 15.0. The van der Waals surface area contributed by atoms with Crippen LogP contribution in [0.25, 0.3) is 10.8 Å². The van der Waals surface area contributed by atoms with Gasteiger partial charge >= 0.3 is 5.97 Å². The summed E-state index contributed by atoms with van der Waals surface area (Å²) in [4.78, 5) is 38.3. The van der Waals surface area contributed by atoms with E-state index in [2.05, 4.69) is 5.10 Å². The normalized spacial score (nSPS) is 10.3. The number of nitriles is 1. The highest BCUT2D eigenvalue weighted by atomic mass is 16.5. The van der Waals surface area contributed by atoms with Gasteiger partial charge in [-0.25, -0.2) is 9.48 Å². The molecule has 0 fully saturated rings. The third kappa shape index (κ3) is 3.73. The molecule has 28 heavy (non-hydrogen) atoms. The number of esters is 1. The minimum Gasteiger partial charge on any atom is -0.451 e. The van der Waals surface area contributed by atoms with Gasteiger partial charge in [-0.05, 0) is 18.2 Å². The molecule has 1 aromatic heterocycles. The van der Waals surface area contributed by atoms with Crippen molar-refractivity contribution in [3.63, 3.8) is 0 Å². The Morgan fingerprint density at radius 1 is 1.11 bits per heavy atom. The van der Waals surface area contributed by atoms with Gasteiger partial charge in [0.2, 0.25) is 0 Å². The van der Waals surface area contributed by atoms with Crippen LogP contribution in [0.2, 0.25) is 0 Å². The number of para-hydroxylation sites is 1. The molecule has 8 nitrogen and oxygen atoms in total. The van der Waals surface area contributed by atoms with Crippen molar-refractivity contribution in [3.05, 3.63) is 70.6 Å². The molecule has 140 valence electrons. The lowest BCUT2D eigenvalue weighted by Gasteiger charge is -2.19. The molecule has 0 N–H and O–H groups in total. The Labute approximate surface area is 160 Å². The molecule has 2 aromatic carbocycles. The van der Waals surface area contributed by atoms with Crippen LogP contribution in [0.1, 0.15) is 10.5 Å². The fourth-order valence-electron chi connectivity index (χ4n) is 2.73. The lowest BCUT2D eigenvalue weighted by molar-refractivity contribution is -0.121. The summed E-state index contributed by atoms with van der Waals surface area (Å²) < 4.78 is 6.17. The number of hydrogen-bond acceptors (Lipinski definition) is 6. The van der Waals surface area contributed by atoms with Crippen molar-refractivity contribution in [2.45, 2.75) is 0 Å². The molecule has 3 rings (SSSR count). The minimum absolute atomic E-state index is 0.0583. The standard InChI is InChI=1S/C20H16N4O4/c1-23-19(26)16-10-6-5-9-15(16)18(22-23)20(27)28-13-17(25)24(12-11-21)14-7-3-2-4-8-14/h2-10H,12-13H2,1H3. The van der Waals surface area contributed by atoms with Crippen molar-refractivity contribution in [2.24, 2.45) is 7.05 Å². The summed E-state index contributed by atoms with van der Waals surface area (Å²) in [5.74, 6) is -1.37. The van der Waals surface area contributed by atoms with Gasteiger partial charge < -0.3 is 4.74 Å². The number of carbonyl (C=O) groups is 2. The van der Waals surface area contributed by atoms with E-state index < -0.39 is 18.5 Å². The molecule has 1 amide bonds. The highest BCUT2D eigenvalue weighted by Crippen LogP contribution is 2.15. The Hall–Kier alpha value is -3.99. The maximum absolute atomic E-state index is 12.5. The van der Waals surface area contributed by atoms with Crippen LogP contribution in [0, 0.1) is 11.3 Å². The first-order valence-electron chi connectivity index (χ1n) is 8.38. The molecule has 0 unspecified atom stereocenters. The molecule has 8 heteroatoms. The van der Waals surface area contributed by atoms with Crippen LogP contribution in [0.3, 0.4) is 0 Å². The van der Waals surface area contributed by atoms with Crippen LogP contribution >= 0.6 is 0 Å². The van der Waals surface area contributed by atoms with Crippen LogP contribution in [0.15, 0.2) is 59.4 Å². The van der Waals surface area contributed by atoms with E-state index >= 15 is 0 Å². The lowest BCUT2D eigenvalue weighted by atomic mass is 10.1. The van der Waals surface area contributed by atoms with Gasteiger partial charge in [0.15, 0.2) is 12.3 Å². The van der Waals surface area contributed by atoms with E-state index in [0.29, 0.717) is 16.5 Å². The van der Waals surface area contributed by atoms with E-state index in [1.165, 1.54) is 11.9 Å². The number of hydrogen-bond donors (Lipinski definition) is 0. The zero-order valence-corrected chi connectivity index (χ0v) is 15.0. The fraction of sp³-hybridized carbons (Fsp3) is 0.150. The number of ether oxygens (including phenoxy) is 1. The molecule has 0 saturated heterocycles. The number of aryl methyl sites for hydroxylation is 1. The van der Waals surface area contributed by atoms with Gasteiger partial charge in [-0.3, -0.25) is 14.5 Å². The largest absolute Gasteiger partial charge is 0.451 e. The number of fused-ring (bicyclic) bond motifs is 1. The van der Waals surface area contributed by atoms with Crippen molar-refractivity contribution in [3.8, 4) is 6.07 Å². The van der Waals surface area contributed by atoms with Gasteiger partial charge in [-0.1, -0.05) is 36.4 Å². The van der Waals surface area contributed by atoms with Crippen molar-refractivity contribution in [2.75, 3.05) is 18.1 Å². The SMILES string of the molecule is Cn1nc(C(=O)OCC(=O)N(CC#N)c2ccccc2)c2ccccc2c1=O. The minimum atomic E-state index is -0.829. The van der Waals surface area contributed by atoms with Crippen molar-refractivity contribution >= 4 is 28.3 Å². The maximum Gasteiger partial charge on any atom is 0.359 e. The second kappa shape index (κ2) is 8.14. The van der Waals surface area contributed by atoms with E-state index in [1.807, 2.05) is 6.07 Å². The van der Waals surface area contributed by atoms with Crippen LogP contribution in [0.4, 0.5) is 5.69 Å². The summed E-state index contributed by atoms with van der Waals surface area (Å²) in [6.07, 6.45) is 0. The molecule has 1 heterocycles. The van der Waals surface area contributed by atoms with E-state index in [-0.39, 0.29) is 17.8 Å². The molecule has 0 radical (unpaired) electrons. The molecule has 0 aliphatic carbocycles. The van der Waals surface area contributed by atoms with Crippen molar-refractivity contribution < 1.29 is 14.3 Å². The fourth-order valence-corrected chi connectivity index (χ4v) is 2.73. The Kier molecular flexibility index (Phi) is 5.46. The quantitative estimate of drug-likeness (QED) is 0.495. The molecular formula is C20H16N4O4. The third-order valence-electron chi connectivity index (χ3n) is 4.07. The van der Waals surface area contributed by atoms with E-state index in [9.17, 15) is 14.4 Å². The number of benzene rings is 2. The molecular weight excluding hydrogens is 360 g/mol. The van der Waals surface area contributed by atoms with E-state index in [1.54, 1.807) is 54.6 Å². The average Bonchev–Trinajstić information content (AvgIpc) is 2.73. The van der Waals surface area contributed by atoms with Crippen LogP contribution in [0.5, 0.6) is 0 Å². The second-order valence-corrected chi connectivity index (χ2v) is 5.87.